The molecule has 1 aliphatic rings. The zero-order valence-electron chi connectivity index (χ0n) is 12.7. The molecule has 0 radical (unpaired) electrons. The van der Waals surface area contributed by atoms with Gasteiger partial charge in [0.05, 0.1) is 12.1 Å². The Kier molecular flexibility index (Phi) is 3.63. The van der Waals surface area contributed by atoms with E-state index in [-0.39, 0.29) is 17.0 Å². The molecule has 0 N–H and O–H groups in total. The summed E-state index contributed by atoms with van der Waals surface area (Å²) >= 11 is 5.85. The summed E-state index contributed by atoms with van der Waals surface area (Å²) in [6, 6.07) is 13.0. The second kappa shape index (κ2) is 5.72. The molecule has 0 aliphatic carbocycles. The fourth-order valence-electron chi connectivity index (χ4n) is 2.64. The van der Waals surface area contributed by atoms with E-state index < -0.39 is 15.9 Å². The van der Waals surface area contributed by atoms with Crippen LogP contribution in [0, 0.1) is 0 Å². The number of hydrogen-bond donors (Lipinski definition) is 0. The Morgan fingerprint density at radius 3 is 2.52 bits per heavy atom. The molecular weight excluding hydrogens is 364 g/mol. The molecule has 3 aromatic rings. The van der Waals surface area contributed by atoms with Crippen LogP contribution in [0.15, 0.2) is 64.1 Å². The number of sulfonamides is 1. The quantitative estimate of drug-likeness (QED) is 0.702. The molecule has 1 amide bonds. The lowest BCUT2D eigenvalue weighted by Crippen LogP contribution is -2.29. The van der Waals surface area contributed by atoms with E-state index in [1.165, 1.54) is 18.4 Å². The van der Waals surface area contributed by atoms with Crippen molar-refractivity contribution in [3.8, 4) is 11.5 Å². The van der Waals surface area contributed by atoms with Crippen molar-refractivity contribution in [1.29, 1.82) is 0 Å². The van der Waals surface area contributed by atoms with Crippen molar-refractivity contribution in [1.82, 2.24) is 9.29 Å². The molecule has 0 fully saturated rings. The normalized spacial score (nSPS) is 15.4. The number of benzene rings is 2. The maximum Gasteiger partial charge on any atom is 0.269 e. The van der Waals surface area contributed by atoms with Gasteiger partial charge in [-0.2, -0.15) is 0 Å². The summed E-state index contributed by atoms with van der Waals surface area (Å²) in [6.07, 6.45) is 1.34. The second-order valence-corrected chi connectivity index (χ2v) is 7.73. The van der Waals surface area contributed by atoms with Crippen molar-refractivity contribution in [3.05, 3.63) is 71.1 Å². The number of oxazole rings is 1. The highest BCUT2D eigenvalue weighted by Gasteiger charge is 2.41. The van der Waals surface area contributed by atoms with Crippen LogP contribution in [-0.2, 0) is 16.6 Å². The van der Waals surface area contributed by atoms with Gasteiger partial charge in [0.1, 0.15) is 16.9 Å². The molecule has 6 nitrogen and oxygen atoms in total. The van der Waals surface area contributed by atoms with Crippen LogP contribution in [0.5, 0.6) is 0 Å². The lowest BCUT2D eigenvalue weighted by atomic mass is 10.2. The van der Waals surface area contributed by atoms with Crippen molar-refractivity contribution in [2.45, 2.75) is 11.4 Å². The Bertz CT molecular complexity index is 1070. The molecule has 25 heavy (non-hydrogen) atoms. The summed E-state index contributed by atoms with van der Waals surface area (Å²) in [6.45, 7) is -0.188. The molecule has 0 bridgehead atoms. The van der Waals surface area contributed by atoms with Crippen LogP contribution in [0.25, 0.3) is 11.5 Å². The van der Waals surface area contributed by atoms with E-state index in [1.54, 1.807) is 36.4 Å². The number of carbonyl (C=O) groups excluding carboxylic acids is 1. The first-order chi connectivity index (χ1) is 12.0. The Morgan fingerprint density at radius 1 is 1.08 bits per heavy atom. The minimum absolute atomic E-state index is 0.0152. The van der Waals surface area contributed by atoms with E-state index in [0.29, 0.717) is 22.2 Å². The second-order valence-electron chi connectivity index (χ2n) is 5.46. The van der Waals surface area contributed by atoms with Crippen LogP contribution in [0.2, 0.25) is 5.02 Å². The first kappa shape index (κ1) is 15.9. The van der Waals surface area contributed by atoms with Gasteiger partial charge in [-0.05, 0) is 36.4 Å². The van der Waals surface area contributed by atoms with Gasteiger partial charge in [0.25, 0.3) is 15.9 Å². The van der Waals surface area contributed by atoms with Crippen LogP contribution >= 0.6 is 11.6 Å². The van der Waals surface area contributed by atoms with Gasteiger partial charge in [-0.25, -0.2) is 17.7 Å². The van der Waals surface area contributed by atoms with E-state index in [2.05, 4.69) is 4.98 Å². The largest absolute Gasteiger partial charge is 0.444 e. The van der Waals surface area contributed by atoms with Crippen LogP contribution in [0.3, 0.4) is 0 Å². The fourth-order valence-corrected chi connectivity index (χ4v) is 4.31. The summed E-state index contributed by atoms with van der Waals surface area (Å²) < 4.78 is 31.3. The average molecular weight is 375 g/mol. The van der Waals surface area contributed by atoms with Crippen molar-refractivity contribution in [2.24, 2.45) is 0 Å². The van der Waals surface area contributed by atoms with Crippen molar-refractivity contribution < 1.29 is 17.6 Å². The highest BCUT2D eigenvalue weighted by molar-refractivity contribution is 7.90. The molecule has 2 heterocycles. The van der Waals surface area contributed by atoms with E-state index in [4.69, 9.17) is 16.0 Å². The molecule has 8 heteroatoms. The molecule has 126 valence electrons. The zero-order valence-corrected chi connectivity index (χ0v) is 14.3. The van der Waals surface area contributed by atoms with Crippen molar-refractivity contribution in [2.75, 3.05) is 0 Å². The number of aromatic nitrogens is 1. The SMILES string of the molecule is O=C1c2ccccc2S(=O)(=O)N1Cc1coc(-c2ccc(Cl)cc2)n1. The van der Waals surface area contributed by atoms with Gasteiger partial charge in [-0.1, -0.05) is 23.7 Å². The molecule has 4 rings (SSSR count). The zero-order chi connectivity index (χ0) is 17.6. The standard InChI is InChI=1S/C17H11ClN2O4S/c18-12-7-5-11(6-8-12)16-19-13(10-24-16)9-20-17(21)14-3-1-2-4-15(14)25(20,22)23/h1-8,10H,9H2. The molecule has 1 aromatic heterocycles. The van der Waals surface area contributed by atoms with Gasteiger partial charge in [0.15, 0.2) is 0 Å². The predicted molar refractivity (Wildman–Crippen MR) is 90.5 cm³/mol. The van der Waals surface area contributed by atoms with Crippen molar-refractivity contribution >= 4 is 27.5 Å². The molecular formula is C17H11ClN2O4S. The third kappa shape index (κ3) is 2.61. The smallest absolute Gasteiger partial charge is 0.269 e. The summed E-state index contributed by atoms with van der Waals surface area (Å²) in [5.74, 6) is -0.236. The Balaban J connectivity index is 1.64. The summed E-state index contributed by atoms with van der Waals surface area (Å²) in [7, 11) is -3.87. The lowest BCUT2D eigenvalue weighted by Gasteiger charge is -2.12. The van der Waals surface area contributed by atoms with Crippen LogP contribution in [-0.4, -0.2) is 23.6 Å². The van der Waals surface area contributed by atoms with Gasteiger partial charge in [0, 0.05) is 10.6 Å². The summed E-state index contributed by atoms with van der Waals surface area (Å²) in [5.41, 5.74) is 1.22. The first-order valence-electron chi connectivity index (χ1n) is 7.33. The highest BCUT2D eigenvalue weighted by Crippen LogP contribution is 2.31. The number of carbonyl (C=O) groups is 1. The number of hydrogen-bond acceptors (Lipinski definition) is 5. The lowest BCUT2D eigenvalue weighted by molar-refractivity contribution is 0.0864. The summed E-state index contributed by atoms with van der Waals surface area (Å²) in [4.78, 5) is 16.7. The molecule has 0 saturated heterocycles. The van der Waals surface area contributed by atoms with Crippen molar-refractivity contribution in [3.63, 3.8) is 0 Å². The number of rotatable bonds is 3. The average Bonchev–Trinajstić information content (AvgIpc) is 3.14. The maximum atomic E-state index is 12.5. The fraction of sp³-hybridized carbons (Fsp3) is 0.0588. The van der Waals surface area contributed by atoms with Gasteiger partial charge in [0.2, 0.25) is 5.89 Å². The van der Waals surface area contributed by atoms with Crippen LogP contribution < -0.4 is 0 Å². The Labute approximate surface area is 148 Å². The summed E-state index contributed by atoms with van der Waals surface area (Å²) in [5, 5.41) is 0.585. The van der Waals surface area contributed by atoms with Gasteiger partial charge in [-0.3, -0.25) is 4.79 Å². The monoisotopic (exact) mass is 374 g/mol. The van der Waals surface area contributed by atoms with E-state index in [1.807, 2.05) is 0 Å². The van der Waals surface area contributed by atoms with Gasteiger partial charge < -0.3 is 4.42 Å². The van der Waals surface area contributed by atoms with E-state index in [9.17, 15) is 13.2 Å². The van der Waals surface area contributed by atoms with Gasteiger partial charge in [-0.15, -0.1) is 0 Å². The Morgan fingerprint density at radius 2 is 1.80 bits per heavy atom. The number of halogens is 1. The third-order valence-corrected chi connectivity index (χ3v) is 5.90. The maximum absolute atomic E-state index is 12.5. The number of amides is 1. The van der Waals surface area contributed by atoms with Crippen LogP contribution in [0.1, 0.15) is 16.1 Å². The van der Waals surface area contributed by atoms with E-state index in [0.717, 1.165) is 4.31 Å². The number of nitrogens with zero attached hydrogens (tertiary/aromatic N) is 2. The molecule has 0 saturated carbocycles. The molecule has 0 atom stereocenters. The Hall–Kier alpha value is -2.64. The highest BCUT2D eigenvalue weighted by atomic mass is 35.5. The molecule has 0 spiro atoms. The molecule has 1 aliphatic heterocycles. The minimum Gasteiger partial charge on any atom is -0.444 e. The topological polar surface area (TPSA) is 80.5 Å². The third-order valence-electron chi connectivity index (χ3n) is 3.86. The first-order valence-corrected chi connectivity index (χ1v) is 9.15. The van der Waals surface area contributed by atoms with Crippen LogP contribution in [0.4, 0.5) is 0 Å². The predicted octanol–water partition coefficient (Wildman–Crippen LogP) is 3.34. The minimum atomic E-state index is -3.87. The van der Waals surface area contributed by atoms with E-state index >= 15 is 0 Å². The van der Waals surface area contributed by atoms with Gasteiger partial charge >= 0.3 is 0 Å². The molecule has 0 unspecified atom stereocenters. The molecule has 2 aromatic carbocycles. The number of fused-ring (bicyclic) bond motifs is 1.